The molecule has 1 fully saturated rings. The molecule has 23 heavy (non-hydrogen) atoms. The molecule has 3 aromatic heterocycles. The quantitative estimate of drug-likeness (QED) is 0.776. The lowest BCUT2D eigenvalue weighted by molar-refractivity contribution is 0.212. The number of rotatable bonds is 2. The van der Waals surface area contributed by atoms with Crippen LogP contribution in [0.15, 0.2) is 30.9 Å². The van der Waals surface area contributed by atoms with Gasteiger partial charge in [-0.25, -0.2) is 9.97 Å². The molecule has 0 saturated carbocycles. The van der Waals surface area contributed by atoms with Crippen LogP contribution in [0.25, 0.3) is 22.3 Å². The van der Waals surface area contributed by atoms with E-state index in [1.54, 1.807) is 12.4 Å². The van der Waals surface area contributed by atoms with E-state index in [0.717, 1.165) is 42.7 Å². The van der Waals surface area contributed by atoms with Crippen LogP contribution in [0.2, 0.25) is 0 Å². The molecule has 0 bridgehead atoms. The van der Waals surface area contributed by atoms with E-state index in [0.29, 0.717) is 17.4 Å². The smallest absolute Gasteiger partial charge is 0.152 e. The molecule has 0 atom stereocenters. The van der Waals surface area contributed by atoms with E-state index in [1.165, 1.54) is 0 Å². The molecule has 0 spiro atoms. The minimum atomic E-state index is 0.401. The molecule has 2 N–H and O–H groups in total. The number of pyridine rings is 1. The Morgan fingerprint density at radius 3 is 2.78 bits per heavy atom. The third-order valence-electron chi connectivity index (χ3n) is 4.44. The Bertz CT molecular complexity index is 833. The number of anilines is 1. The van der Waals surface area contributed by atoms with Crippen molar-refractivity contribution in [3.05, 3.63) is 30.9 Å². The Morgan fingerprint density at radius 2 is 1.96 bits per heavy atom. The van der Waals surface area contributed by atoms with Crippen LogP contribution in [0.5, 0.6) is 0 Å². The van der Waals surface area contributed by atoms with Crippen molar-refractivity contribution in [1.82, 2.24) is 29.6 Å². The van der Waals surface area contributed by atoms with Crippen LogP contribution < -0.4 is 5.73 Å². The second-order valence-electron chi connectivity index (χ2n) is 6.06. The van der Waals surface area contributed by atoms with Gasteiger partial charge in [-0.1, -0.05) is 0 Å². The number of nitrogen functional groups attached to an aromatic ring is 1. The normalized spacial score (nSPS) is 16.9. The monoisotopic (exact) mass is 309 g/mol. The molecule has 0 amide bonds. The lowest BCUT2D eigenvalue weighted by Gasteiger charge is -2.28. The van der Waals surface area contributed by atoms with Crippen molar-refractivity contribution in [1.29, 1.82) is 0 Å². The third kappa shape index (κ3) is 2.63. The van der Waals surface area contributed by atoms with Gasteiger partial charge < -0.3 is 10.6 Å². The summed E-state index contributed by atoms with van der Waals surface area (Å²) in [5.74, 6) is 0.401. The molecular weight excluding hydrogens is 290 g/mol. The van der Waals surface area contributed by atoms with Crippen molar-refractivity contribution in [2.24, 2.45) is 0 Å². The van der Waals surface area contributed by atoms with Crippen molar-refractivity contribution in [3.8, 4) is 11.3 Å². The molecule has 4 rings (SSSR count). The number of piperidine rings is 1. The SMILES string of the molecule is CN1CCC(n2cc(-c3cc4nccnc4c(N)n3)cn2)CC1. The molecule has 7 nitrogen and oxygen atoms in total. The molecule has 1 saturated heterocycles. The number of nitrogens with zero attached hydrogens (tertiary/aromatic N) is 6. The highest BCUT2D eigenvalue weighted by atomic mass is 15.3. The molecule has 7 heteroatoms. The van der Waals surface area contributed by atoms with Crippen molar-refractivity contribution in [2.75, 3.05) is 25.9 Å². The summed E-state index contributed by atoms with van der Waals surface area (Å²) in [4.78, 5) is 15.4. The highest BCUT2D eigenvalue weighted by Gasteiger charge is 2.19. The van der Waals surface area contributed by atoms with E-state index in [-0.39, 0.29) is 0 Å². The molecule has 1 aliphatic rings. The van der Waals surface area contributed by atoms with Gasteiger partial charge in [-0.3, -0.25) is 9.67 Å². The van der Waals surface area contributed by atoms with Crippen LogP contribution in [0, 0.1) is 0 Å². The van der Waals surface area contributed by atoms with Crippen LogP contribution in [0.4, 0.5) is 5.82 Å². The first-order chi connectivity index (χ1) is 11.2. The van der Waals surface area contributed by atoms with E-state index >= 15 is 0 Å². The largest absolute Gasteiger partial charge is 0.382 e. The molecule has 0 unspecified atom stereocenters. The molecule has 0 radical (unpaired) electrons. The van der Waals surface area contributed by atoms with Gasteiger partial charge in [0.25, 0.3) is 0 Å². The van der Waals surface area contributed by atoms with Crippen LogP contribution in [-0.4, -0.2) is 49.8 Å². The maximum absolute atomic E-state index is 6.01. The Labute approximate surface area is 134 Å². The molecule has 0 aliphatic carbocycles. The van der Waals surface area contributed by atoms with Gasteiger partial charge in [-0.2, -0.15) is 5.10 Å². The summed E-state index contributed by atoms with van der Waals surface area (Å²) in [5.41, 5.74) is 9.15. The Balaban J connectivity index is 1.66. The summed E-state index contributed by atoms with van der Waals surface area (Å²) in [5, 5.41) is 4.53. The number of aromatic nitrogens is 5. The molecule has 118 valence electrons. The van der Waals surface area contributed by atoms with Gasteiger partial charge in [0.1, 0.15) is 5.52 Å². The molecule has 4 heterocycles. The van der Waals surface area contributed by atoms with Crippen LogP contribution in [-0.2, 0) is 0 Å². The second kappa shape index (κ2) is 5.58. The maximum atomic E-state index is 6.01. The van der Waals surface area contributed by atoms with Crippen LogP contribution >= 0.6 is 0 Å². The van der Waals surface area contributed by atoms with Crippen molar-refractivity contribution in [3.63, 3.8) is 0 Å². The van der Waals surface area contributed by atoms with Gasteiger partial charge in [-0.05, 0) is 39.0 Å². The van der Waals surface area contributed by atoms with Crippen LogP contribution in [0.1, 0.15) is 18.9 Å². The third-order valence-corrected chi connectivity index (χ3v) is 4.44. The minimum Gasteiger partial charge on any atom is -0.382 e. The Hall–Kier alpha value is -2.54. The summed E-state index contributed by atoms with van der Waals surface area (Å²) < 4.78 is 2.06. The van der Waals surface area contributed by atoms with Gasteiger partial charge in [0.05, 0.1) is 23.4 Å². The van der Waals surface area contributed by atoms with E-state index in [1.807, 2.05) is 12.3 Å². The highest BCUT2D eigenvalue weighted by molar-refractivity contribution is 5.87. The van der Waals surface area contributed by atoms with Crippen molar-refractivity contribution < 1.29 is 0 Å². The topological polar surface area (TPSA) is 85.8 Å². The number of hydrogen-bond acceptors (Lipinski definition) is 6. The summed E-state index contributed by atoms with van der Waals surface area (Å²) in [6.45, 7) is 2.22. The predicted octanol–water partition coefficient (Wildman–Crippen LogP) is 1.74. The van der Waals surface area contributed by atoms with Crippen molar-refractivity contribution >= 4 is 16.9 Å². The van der Waals surface area contributed by atoms with E-state index in [4.69, 9.17) is 5.73 Å². The van der Waals surface area contributed by atoms with Gasteiger partial charge in [-0.15, -0.1) is 0 Å². The average molecular weight is 309 g/mol. The lowest BCUT2D eigenvalue weighted by atomic mass is 10.1. The zero-order valence-electron chi connectivity index (χ0n) is 13.1. The van der Waals surface area contributed by atoms with E-state index in [9.17, 15) is 0 Å². The lowest BCUT2D eigenvalue weighted by Crippen LogP contribution is -2.31. The predicted molar refractivity (Wildman–Crippen MR) is 88.7 cm³/mol. The van der Waals surface area contributed by atoms with Gasteiger partial charge in [0, 0.05) is 24.2 Å². The molecule has 3 aromatic rings. The number of nitrogens with two attached hydrogens (primary N) is 1. The minimum absolute atomic E-state index is 0.401. The molecule has 1 aliphatic heterocycles. The zero-order valence-corrected chi connectivity index (χ0v) is 13.1. The summed E-state index contributed by atoms with van der Waals surface area (Å²) >= 11 is 0. The fourth-order valence-corrected chi connectivity index (χ4v) is 3.07. The van der Waals surface area contributed by atoms with E-state index in [2.05, 4.69) is 42.9 Å². The van der Waals surface area contributed by atoms with Gasteiger partial charge >= 0.3 is 0 Å². The zero-order chi connectivity index (χ0) is 15.8. The molecular formula is C16H19N7. The Kier molecular flexibility index (Phi) is 3.42. The second-order valence-corrected chi connectivity index (χ2v) is 6.06. The Morgan fingerprint density at radius 1 is 1.17 bits per heavy atom. The molecule has 0 aromatic carbocycles. The first-order valence-electron chi connectivity index (χ1n) is 7.81. The average Bonchev–Trinajstić information content (AvgIpc) is 3.05. The highest BCUT2D eigenvalue weighted by Crippen LogP contribution is 2.26. The number of likely N-dealkylation sites (tertiary alicyclic amines) is 1. The summed E-state index contributed by atoms with van der Waals surface area (Å²) in [6, 6.07) is 2.37. The summed E-state index contributed by atoms with van der Waals surface area (Å²) in [6.07, 6.45) is 9.43. The van der Waals surface area contributed by atoms with E-state index < -0.39 is 0 Å². The van der Waals surface area contributed by atoms with Gasteiger partial charge in [0.2, 0.25) is 0 Å². The first kappa shape index (κ1) is 14.1. The van der Waals surface area contributed by atoms with Crippen LogP contribution in [0.3, 0.4) is 0 Å². The standard InChI is InChI=1S/C16H19N7/c1-22-6-2-12(3-7-22)23-10-11(9-20-23)13-8-14-15(16(17)21-13)19-5-4-18-14/h4-5,8-10,12H,2-3,6-7H2,1H3,(H2,17,21). The fraction of sp³-hybridized carbons (Fsp3) is 0.375. The van der Waals surface area contributed by atoms with Gasteiger partial charge in [0.15, 0.2) is 5.82 Å². The number of fused-ring (bicyclic) bond motifs is 1. The first-order valence-corrected chi connectivity index (χ1v) is 7.81. The fourth-order valence-electron chi connectivity index (χ4n) is 3.07. The summed E-state index contributed by atoms with van der Waals surface area (Å²) in [7, 11) is 2.16. The van der Waals surface area contributed by atoms with Crippen molar-refractivity contribution in [2.45, 2.75) is 18.9 Å². The number of hydrogen-bond donors (Lipinski definition) is 1. The maximum Gasteiger partial charge on any atom is 0.152 e.